The van der Waals surface area contributed by atoms with Crippen molar-refractivity contribution in [2.24, 2.45) is 0 Å². The largest absolute Gasteiger partial charge is 0.461 e. The van der Waals surface area contributed by atoms with E-state index in [4.69, 9.17) is 32.4 Å². The maximum atomic E-state index is 12.3. The van der Waals surface area contributed by atoms with Crippen molar-refractivity contribution in [3.05, 3.63) is 79.1 Å². The minimum absolute atomic E-state index is 0.0381. The number of rotatable bonds is 5. The van der Waals surface area contributed by atoms with Crippen LogP contribution in [0, 0.1) is 6.92 Å². The lowest BCUT2D eigenvalue weighted by molar-refractivity contribution is -0.144. The highest BCUT2D eigenvalue weighted by Gasteiger charge is 2.15. The first-order valence-corrected chi connectivity index (χ1v) is 9.67. The number of aryl methyl sites for hydroxylation is 1. The van der Waals surface area contributed by atoms with Crippen LogP contribution in [-0.2, 0) is 22.6 Å². The summed E-state index contributed by atoms with van der Waals surface area (Å²) in [7, 11) is 0. The van der Waals surface area contributed by atoms with E-state index >= 15 is 0 Å². The van der Waals surface area contributed by atoms with Crippen LogP contribution in [-0.4, -0.2) is 5.97 Å². The quantitative estimate of drug-likeness (QED) is 0.386. The van der Waals surface area contributed by atoms with Crippen LogP contribution in [0.4, 0.5) is 0 Å². The van der Waals surface area contributed by atoms with Gasteiger partial charge in [0.25, 0.3) is 0 Å². The van der Waals surface area contributed by atoms with Gasteiger partial charge in [0, 0.05) is 32.6 Å². The number of hydrogen-bond acceptors (Lipinski definition) is 4. The Morgan fingerprint density at radius 3 is 2.46 bits per heavy atom. The first-order valence-electron chi connectivity index (χ1n) is 8.92. The van der Waals surface area contributed by atoms with Gasteiger partial charge in [0.1, 0.15) is 12.2 Å². The van der Waals surface area contributed by atoms with Crippen LogP contribution in [0.15, 0.2) is 45.6 Å². The van der Waals surface area contributed by atoms with Crippen LogP contribution >= 0.6 is 23.2 Å². The van der Waals surface area contributed by atoms with Gasteiger partial charge >= 0.3 is 11.6 Å². The van der Waals surface area contributed by atoms with E-state index in [1.54, 1.807) is 18.2 Å². The van der Waals surface area contributed by atoms with Crippen molar-refractivity contribution in [1.29, 1.82) is 0 Å². The zero-order valence-electron chi connectivity index (χ0n) is 15.8. The Hall–Kier alpha value is -2.30. The molecule has 0 fully saturated rings. The molecule has 0 saturated carbocycles. The molecular formula is C22H20Cl2O4. The van der Waals surface area contributed by atoms with E-state index in [9.17, 15) is 9.59 Å². The SMILES string of the molecule is Cc1cc2oc(=O)cc(COC(=O)Cc3c(Cl)cccc3Cl)c2cc1C(C)C. The Kier molecular flexibility index (Phi) is 6.11. The van der Waals surface area contributed by atoms with Gasteiger partial charge in [-0.2, -0.15) is 0 Å². The second-order valence-corrected chi connectivity index (χ2v) is 7.80. The first kappa shape index (κ1) is 20.4. The van der Waals surface area contributed by atoms with Crippen molar-refractivity contribution < 1.29 is 13.9 Å². The van der Waals surface area contributed by atoms with E-state index < -0.39 is 11.6 Å². The Labute approximate surface area is 173 Å². The predicted octanol–water partition coefficient (Wildman–Crippen LogP) is 5.82. The van der Waals surface area contributed by atoms with E-state index in [0.717, 1.165) is 16.5 Å². The first-order chi connectivity index (χ1) is 13.3. The molecule has 0 bridgehead atoms. The molecule has 0 aliphatic rings. The van der Waals surface area contributed by atoms with Gasteiger partial charge in [-0.15, -0.1) is 0 Å². The molecule has 146 valence electrons. The highest BCUT2D eigenvalue weighted by molar-refractivity contribution is 6.36. The topological polar surface area (TPSA) is 56.5 Å². The molecule has 0 aliphatic heterocycles. The summed E-state index contributed by atoms with van der Waals surface area (Å²) in [6.45, 7) is 6.14. The monoisotopic (exact) mass is 418 g/mol. The summed E-state index contributed by atoms with van der Waals surface area (Å²) in [6.07, 6.45) is -0.0474. The lowest BCUT2D eigenvalue weighted by Gasteiger charge is -2.13. The van der Waals surface area contributed by atoms with E-state index in [1.807, 2.05) is 19.1 Å². The predicted molar refractivity (Wildman–Crippen MR) is 111 cm³/mol. The smallest absolute Gasteiger partial charge is 0.336 e. The van der Waals surface area contributed by atoms with Crippen LogP contribution in [0.1, 0.15) is 42.0 Å². The van der Waals surface area contributed by atoms with Crippen LogP contribution < -0.4 is 5.63 Å². The summed E-state index contributed by atoms with van der Waals surface area (Å²) in [5.41, 5.74) is 3.32. The van der Waals surface area contributed by atoms with Crippen LogP contribution in [0.3, 0.4) is 0 Å². The van der Waals surface area contributed by atoms with Gasteiger partial charge in [-0.05, 0) is 48.2 Å². The standard InChI is InChI=1S/C22H20Cl2O4/c1-12(2)15-9-16-14(8-22(26)28-20(16)7-13(15)3)11-27-21(25)10-17-18(23)5-4-6-19(17)24/h4-9,12H,10-11H2,1-3H3. The fourth-order valence-corrected chi connectivity index (χ4v) is 3.72. The van der Waals surface area contributed by atoms with E-state index in [2.05, 4.69) is 13.8 Å². The Morgan fingerprint density at radius 2 is 1.82 bits per heavy atom. The highest BCUT2D eigenvalue weighted by Crippen LogP contribution is 2.28. The molecule has 0 unspecified atom stereocenters. The highest BCUT2D eigenvalue weighted by atomic mass is 35.5. The lowest BCUT2D eigenvalue weighted by atomic mass is 9.95. The molecule has 0 N–H and O–H groups in total. The fraction of sp³-hybridized carbons (Fsp3) is 0.273. The maximum Gasteiger partial charge on any atom is 0.336 e. The molecule has 0 saturated heterocycles. The minimum atomic E-state index is -0.482. The van der Waals surface area contributed by atoms with Gasteiger partial charge in [-0.1, -0.05) is 43.1 Å². The third kappa shape index (κ3) is 4.40. The average molecular weight is 419 g/mol. The molecule has 2 aromatic carbocycles. The molecule has 0 amide bonds. The molecule has 6 heteroatoms. The maximum absolute atomic E-state index is 12.3. The van der Waals surface area contributed by atoms with Crippen molar-refractivity contribution >= 4 is 40.1 Å². The summed E-state index contributed by atoms with van der Waals surface area (Å²) in [6, 6.07) is 10.2. The van der Waals surface area contributed by atoms with E-state index in [1.165, 1.54) is 6.07 Å². The normalized spacial score (nSPS) is 11.2. The van der Waals surface area contributed by atoms with Crippen molar-refractivity contribution in [3.63, 3.8) is 0 Å². The van der Waals surface area contributed by atoms with Gasteiger partial charge in [0.15, 0.2) is 0 Å². The van der Waals surface area contributed by atoms with Crippen molar-refractivity contribution in [1.82, 2.24) is 0 Å². The summed E-state index contributed by atoms with van der Waals surface area (Å²) < 4.78 is 10.7. The average Bonchev–Trinajstić information content (AvgIpc) is 2.62. The third-order valence-electron chi connectivity index (χ3n) is 4.61. The number of esters is 1. The molecule has 0 radical (unpaired) electrons. The fourth-order valence-electron chi connectivity index (χ4n) is 3.19. The summed E-state index contributed by atoms with van der Waals surface area (Å²) in [5, 5.41) is 1.58. The number of hydrogen-bond donors (Lipinski definition) is 0. The van der Waals surface area contributed by atoms with Gasteiger partial charge in [0.05, 0.1) is 6.42 Å². The molecule has 28 heavy (non-hydrogen) atoms. The molecular weight excluding hydrogens is 399 g/mol. The number of carbonyl (C=O) groups excluding carboxylic acids is 1. The van der Waals surface area contributed by atoms with Gasteiger partial charge in [0.2, 0.25) is 0 Å². The zero-order chi connectivity index (χ0) is 20.4. The Bertz CT molecular complexity index is 1080. The summed E-state index contributed by atoms with van der Waals surface area (Å²) >= 11 is 12.2. The van der Waals surface area contributed by atoms with Crippen molar-refractivity contribution in [3.8, 4) is 0 Å². The minimum Gasteiger partial charge on any atom is -0.461 e. The Morgan fingerprint density at radius 1 is 1.14 bits per heavy atom. The second kappa shape index (κ2) is 8.38. The molecule has 0 spiro atoms. The van der Waals surface area contributed by atoms with E-state index in [-0.39, 0.29) is 13.0 Å². The Balaban J connectivity index is 1.86. The number of ether oxygens (including phenoxy) is 1. The van der Waals surface area contributed by atoms with E-state index in [0.29, 0.717) is 32.7 Å². The number of carbonyl (C=O) groups is 1. The molecule has 3 aromatic rings. The molecule has 0 atom stereocenters. The zero-order valence-corrected chi connectivity index (χ0v) is 17.4. The number of halogens is 2. The molecule has 0 aliphatic carbocycles. The van der Waals surface area contributed by atoms with Crippen LogP contribution in [0.5, 0.6) is 0 Å². The van der Waals surface area contributed by atoms with Crippen molar-refractivity contribution in [2.45, 2.75) is 39.7 Å². The van der Waals surface area contributed by atoms with Gasteiger partial charge in [-0.25, -0.2) is 4.79 Å². The number of fused-ring (bicyclic) bond motifs is 1. The molecule has 4 nitrogen and oxygen atoms in total. The second-order valence-electron chi connectivity index (χ2n) is 6.99. The summed E-state index contributed by atoms with van der Waals surface area (Å²) in [4.78, 5) is 24.2. The summed E-state index contributed by atoms with van der Waals surface area (Å²) in [5.74, 6) is -0.165. The molecule has 1 aromatic heterocycles. The van der Waals surface area contributed by atoms with Crippen LogP contribution in [0.2, 0.25) is 10.0 Å². The number of benzene rings is 2. The lowest BCUT2D eigenvalue weighted by Crippen LogP contribution is -2.10. The molecule has 3 rings (SSSR count). The van der Waals surface area contributed by atoms with Gasteiger partial charge < -0.3 is 9.15 Å². The van der Waals surface area contributed by atoms with Gasteiger partial charge in [-0.3, -0.25) is 4.79 Å². The van der Waals surface area contributed by atoms with Crippen LogP contribution in [0.25, 0.3) is 11.0 Å². The van der Waals surface area contributed by atoms with Crippen molar-refractivity contribution in [2.75, 3.05) is 0 Å². The third-order valence-corrected chi connectivity index (χ3v) is 5.32. The molecule has 1 heterocycles.